The number of nitrogens with one attached hydrogen (secondary N) is 1. The summed E-state index contributed by atoms with van der Waals surface area (Å²) in [6, 6.07) is 16.5. The number of fused-ring (bicyclic) bond motifs is 1. The SMILES string of the molecule is CN(C)CCCNc1nc(CN2CCN(Cc3cccc(N)c3)CC2)nc2ccccc12. The molecule has 0 unspecified atom stereocenters. The van der Waals surface area contributed by atoms with E-state index in [1.54, 1.807) is 0 Å². The molecule has 0 radical (unpaired) electrons. The minimum absolute atomic E-state index is 0.781. The third kappa shape index (κ3) is 6.16. The Morgan fingerprint density at radius 3 is 2.44 bits per heavy atom. The summed E-state index contributed by atoms with van der Waals surface area (Å²) in [6.07, 6.45) is 1.08. The highest BCUT2D eigenvalue weighted by molar-refractivity contribution is 5.88. The molecule has 0 saturated carbocycles. The second-order valence-corrected chi connectivity index (χ2v) is 8.89. The summed E-state index contributed by atoms with van der Waals surface area (Å²) in [7, 11) is 4.21. The van der Waals surface area contributed by atoms with Crippen molar-refractivity contribution in [1.82, 2.24) is 24.7 Å². The molecule has 0 spiro atoms. The Balaban J connectivity index is 1.36. The number of nitrogen functional groups attached to an aromatic ring is 1. The van der Waals surface area contributed by atoms with Crippen molar-refractivity contribution in [2.75, 3.05) is 64.4 Å². The summed E-state index contributed by atoms with van der Waals surface area (Å²) in [4.78, 5) is 16.9. The fourth-order valence-electron chi connectivity index (χ4n) is 4.19. The molecule has 7 nitrogen and oxygen atoms in total. The lowest BCUT2D eigenvalue weighted by molar-refractivity contribution is 0.120. The van der Waals surface area contributed by atoms with E-state index in [4.69, 9.17) is 15.7 Å². The average molecular weight is 434 g/mol. The summed E-state index contributed by atoms with van der Waals surface area (Å²) in [5.41, 5.74) is 9.05. The summed E-state index contributed by atoms with van der Waals surface area (Å²) in [5, 5.41) is 4.64. The van der Waals surface area contributed by atoms with Gasteiger partial charge in [0.15, 0.2) is 0 Å². The van der Waals surface area contributed by atoms with E-state index < -0.39 is 0 Å². The Morgan fingerprint density at radius 2 is 1.69 bits per heavy atom. The number of piperazine rings is 1. The molecule has 32 heavy (non-hydrogen) atoms. The van der Waals surface area contributed by atoms with Crippen LogP contribution >= 0.6 is 0 Å². The van der Waals surface area contributed by atoms with Gasteiger partial charge in [-0.25, -0.2) is 9.97 Å². The van der Waals surface area contributed by atoms with Gasteiger partial charge >= 0.3 is 0 Å². The first kappa shape index (κ1) is 22.5. The van der Waals surface area contributed by atoms with Crippen LogP contribution in [0.5, 0.6) is 0 Å². The lowest BCUT2D eigenvalue weighted by atomic mass is 10.1. The summed E-state index contributed by atoms with van der Waals surface area (Å²) >= 11 is 0. The molecule has 1 saturated heterocycles. The molecule has 1 fully saturated rings. The predicted octanol–water partition coefficient (Wildman–Crippen LogP) is 2.89. The molecule has 0 aliphatic carbocycles. The molecule has 2 aromatic carbocycles. The Hall–Kier alpha value is -2.74. The Morgan fingerprint density at radius 1 is 0.938 bits per heavy atom. The van der Waals surface area contributed by atoms with E-state index in [-0.39, 0.29) is 0 Å². The molecular weight excluding hydrogens is 398 g/mol. The third-order valence-electron chi connectivity index (χ3n) is 5.91. The fourth-order valence-corrected chi connectivity index (χ4v) is 4.19. The smallest absolute Gasteiger partial charge is 0.145 e. The molecule has 0 amide bonds. The number of para-hydroxylation sites is 1. The van der Waals surface area contributed by atoms with Crippen LogP contribution < -0.4 is 11.1 Å². The van der Waals surface area contributed by atoms with Gasteiger partial charge in [-0.3, -0.25) is 9.80 Å². The van der Waals surface area contributed by atoms with Gasteiger partial charge in [-0.05, 0) is 56.9 Å². The minimum Gasteiger partial charge on any atom is -0.399 e. The molecule has 1 aliphatic heterocycles. The van der Waals surface area contributed by atoms with E-state index in [9.17, 15) is 0 Å². The van der Waals surface area contributed by atoms with E-state index in [2.05, 4.69) is 64.4 Å². The van der Waals surface area contributed by atoms with Crippen LogP contribution in [0.4, 0.5) is 11.5 Å². The Kier molecular flexibility index (Phi) is 7.52. The van der Waals surface area contributed by atoms with Gasteiger partial charge in [0, 0.05) is 50.3 Å². The van der Waals surface area contributed by atoms with E-state index in [1.807, 2.05) is 18.2 Å². The zero-order valence-corrected chi connectivity index (χ0v) is 19.3. The summed E-state index contributed by atoms with van der Waals surface area (Å²) < 4.78 is 0. The molecule has 3 aromatic rings. The van der Waals surface area contributed by atoms with E-state index in [0.717, 1.165) is 87.0 Å². The molecule has 1 aliphatic rings. The lowest BCUT2D eigenvalue weighted by Gasteiger charge is -2.34. The standard InChI is InChI=1S/C25H35N7/c1-30(2)12-6-11-27-25-22-9-3-4-10-23(22)28-24(29-25)19-32-15-13-31(14-16-32)18-20-7-5-8-21(26)17-20/h3-5,7-10,17H,6,11-16,18-19,26H2,1-2H3,(H,27,28,29). The van der Waals surface area contributed by atoms with E-state index >= 15 is 0 Å². The number of anilines is 2. The lowest BCUT2D eigenvalue weighted by Crippen LogP contribution is -2.45. The minimum atomic E-state index is 0.781. The zero-order valence-electron chi connectivity index (χ0n) is 19.3. The number of nitrogens with two attached hydrogens (primary N) is 1. The largest absolute Gasteiger partial charge is 0.399 e. The Labute approximate surface area is 191 Å². The Bertz CT molecular complexity index is 1010. The molecule has 0 bridgehead atoms. The van der Waals surface area contributed by atoms with Crippen LogP contribution in [0, 0.1) is 0 Å². The number of hydrogen-bond donors (Lipinski definition) is 2. The van der Waals surface area contributed by atoms with Gasteiger partial charge in [0.25, 0.3) is 0 Å². The van der Waals surface area contributed by atoms with Crippen molar-refractivity contribution in [3.8, 4) is 0 Å². The zero-order chi connectivity index (χ0) is 22.3. The summed E-state index contributed by atoms with van der Waals surface area (Å²) in [6.45, 7) is 7.81. The maximum absolute atomic E-state index is 5.93. The fraction of sp³-hybridized carbons (Fsp3) is 0.440. The van der Waals surface area contributed by atoms with Crippen LogP contribution in [-0.4, -0.2) is 78.0 Å². The number of nitrogens with zero attached hydrogens (tertiary/aromatic N) is 5. The second kappa shape index (κ2) is 10.7. The maximum Gasteiger partial charge on any atom is 0.145 e. The first-order chi connectivity index (χ1) is 15.6. The highest BCUT2D eigenvalue weighted by Gasteiger charge is 2.19. The molecule has 0 atom stereocenters. The molecule has 4 rings (SSSR count). The number of aromatic nitrogens is 2. The molecule has 170 valence electrons. The summed E-state index contributed by atoms with van der Waals surface area (Å²) in [5.74, 6) is 1.84. The quantitative estimate of drug-likeness (QED) is 0.397. The van der Waals surface area contributed by atoms with Gasteiger partial charge in [-0.15, -0.1) is 0 Å². The first-order valence-corrected chi connectivity index (χ1v) is 11.5. The van der Waals surface area contributed by atoms with Crippen molar-refractivity contribution in [1.29, 1.82) is 0 Å². The first-order valence-electron chi connectivity index (χ1n) is 11.5. The van der Waals surface area contributed by atoms with Crippen molar-refractivity contribution < 1.29 is 0 Å². The van der Waals surface area contributed by atoms with Crippen LogP contribution in [0.1, 0.15) is 17.8 Å². The second-order valence-electron chi connectivity index (χ2n) is 8.89. The van der Waals surface area contributed by atoms with Crippen LogP contribution in [0.25, 0.3) is 10.9 Å². The van der Waals surface area contributed by atoms with E-state index in [1.165, 1.54) is 5.56 Å². The van der Waals surface area contributed by atoms with Gasteiger partial charge in [0.05, 0.1) is 12.1 Å². The topological polar surface area (TPSA) is 73.5 Å². The molecule has 3 N–H and O–H groups in total. The predicted molar refractivity (Wildman–Crippen MR) is 133 cm³/mol. The van der Waals surface area contributed by atoms with Crippen LogP contribution in [0.15, 0.2) is 48.5 Å². The van der Waals surface area contributed by atoms with E-state index in [0.29, 0.717) is 0 Å². The van der Waals surface area contributed by atoms with Gasteiger partial charge in [-0.1, -0.05) is 24.3 Å². The highest BCUT2D eigenvalue weighted by atomic mass is 15.3. The average Bonchev–Trinajstić information content (AvgIpc) is 2.78. The number of benzene rings is 2. The maximum atomic E-state index is 5.93. The van der Waals surface area contributed by atoms with Crippen molar-refractivity contribution >= 4 is 22.4 Å². The normalized spacial score (nSPS) is 15.5. The van der Waals surface area contributed by atoms with Gasteiger partial charge in [0.1, 0.15) is 11.6 Å². The van der Waals surface area contributed by atoms with Crippen molar-refractivity contribution in [3.63, 3.8) is 0 Å². The molecule has 7 heteroatoms. The van der Waals surface area contributed by atoms with Gasteiger partial charge in [-0.2, -0.15) is 0 Å². The third-order valence-corrected chi connectivity index (χ3v) is 5.91. The van der Waals surface area contributed by atoms with Crippen molar-refractivity contribution in [2.24, 2.45) is 0 Å². The molecule has 2 heterocycles. The van der Waals surface area contributed by atoms with Gasteiger partial charge < -0.3 is 16.0 Å². The van der Waals surface area contributed by atoms with Crippen LogP contribution in [0.2, 0.25) is 0 Å². The van der Waals surface area contributed by atoms with Gasteiger partial charge in [0.2, 0.25) is 0 Å². The molecule has 1 aromatic heterocycles. The van der Waals surface area contributed by atoms with Crippen molar-refractivity contribution in [2.45, 2.75) is 19.5 Å². The number of rotatable bonds is 9. The van der Waals surface area contributed by atoms with Crippen molar-refractivity contribution in [3.05, 3.63) is 59.9 Å². The van der Waals surface area contributed by atoms with Crippen LogP contribution in [-0.2, 0) is 13.1 Å². The van der Waals surface area contributed by atoms with Crippen LogP contribution in [0.3, 0.4) is 0 Å². The molecular formula is C25H35N7. The highest BCUT2D eigenvalue weighted by Crippen LogP contribution is 2.21. The number of hydrogen-bond acceptors (Lipinski definition) is 7. The monoisotopic (exact) mass is 433 g/mol.